The fourth-order valence-corrected chi connectivity index (χ4v) is 2.31. The molecule has 3 nitrogen and oxygen atoms in total. The van der Waals surface area contributed by atoms with Crippen LogP contribution in [0.15, 0.2) is 61.1 Å². The predicted octanol–water partition coefficient (Wildman–Crippen LogP) is 3.49. The zero-order chi connectivity index (χ0) is 13.9. The Morgan fingerprint density at radius 3 is 2.65 bits per heavy atom. The quantitative estimate of drug-likeness (QED) is 0.735. The molecule has 0 amide bonds. The van der Waals surface area contributed by atoms with E-state index in [-0.39, 0.29) is 0 Å². The minimum Gasteiger partial charge on any atom is -0.399 e. The number of hydrogen-bond acceptors (Lipinski definition) is 2. The Morgan fingerprint density at radius 1 is 1.10 bits per heavy atom. The highest BCUT2D eigenvalue weighted by Crippen LogP contribution is 2.21. The maximum atomic E-state index is 5.72. The molecular weight excluding hydrogens is 246 g/mol. The number of nitrogens with two attached hydrogens (primary N) is 1. The van der Waals surface area contributed by atoms with Crippen LogP contribution in [-0.2, 0) is 6.54 Å². The smallest absolute Gasteiger partial charge is 0.0954 e. The number of aryl methyl sites for hydroxylation is 1. The molecule has 0 unspecified atom stereocenters. The third kappa shape index (κ3) is 2.57. The number of benzene rings is 2. The Labute approximate surface area is 118 Å². The highest BCUT2D eigenvalue weighted by atomic mass is 15.0. The van der Waals surface area contributed by atoms with E-state index in [1.165, 1.54) is 16.7 Å². The lowest BCUT2D eigenvalue weighted by Crippen LogP contribution is -2.00. The van der Waals surface area contributed by atoms with Crippen molar-refractivity contribution in [2.24, 2.45) is 0 Å². The Morgan fingerprint density at radius 2 is 1.90 bits per heavy atom. The van der Waals surface area contributed by atoms with Crippen LogP contribution in [0.1, 0.15) is 11.1 Å². The van der Waals surface area contributed by atoms with Crippen LogP contribution in [0.25, 0.3) is 11.3 Å². The minimum absolute atomic E-state index is 0.790. The summed E-state index contributed by atoms with van der Waals surface area (Å²) in [6.45, 7) is 2.90. The van der Waals surface area contributed by atoms with Gasteiger partial charge >= 0.3 is 0 Å². The molecule has 0 fully saturated rings. The second kappa shape index (κ2) is 5.21. The van der Waals surface area contributed by atoms with Gasteiger partial charge in [0.15, 0.2) is 0 Å². The molecule has 3 aromatic rings. The molecule has 2 aromatic carbocycles. The molecule has 0 bridgehead atoms. The van der Waals surface area contributed by atoms with E-state index >= 15 is 0 Å². The second-order valence-electron chi connectivity index (χ2n) is 5.02. The topological polar surface area (TPSA) is 43.8 Å². The van der Waals surface area contributed by atoms with Crippen LogP contribution >= 0.6 is 0 Å². The lowest BCUT2D eigenvalue weighted by molar-refractivity contribution is 0.805. The highest BCUT2D eigenvalue weighted by Gasteiger charge is 2.05. The zero-order valence-electron chi connectivity index (χ0n) is 11.5. The first-order valence-corrected chi connectivity index (χ1v) is 6.64. The molecule has 3 heteroatoms. The van der Waals surface area contributed by atoms with Crippen molar-refractivity contribution in [2.45, 2.75) is 13.5 Å². The Hall–Kier alpha value is -2.55. The molecule has 100 valence electrons. The van der Waals surface area contributed by atoms with Crippen molar-refractivity contribution < 1.29 is 0 Å². The predicted molar refractivity (Wildman–Crippen MR) is 82.4 cm³/mol. The SMILES string of the molecule is Cc1cccc(-c2cncn2Cc2ccc(N)cc2)c1. The van der Waals surface area contributed by atoms with Crippen molar-refractivity contribution in [3.8, 4) is 11.3 Å². The molecule has 0 saturated carbocycles. The maximum absolute atomic E-state index is 5.72. The fraction of sp³-hybridized carbons (Fsp3) is 0.118. The summed E-state index contributed by atoms with van der Waals surface area (Å²) < 4.78 is 2.15. The van der Waals surface area contributed by atoms with Gasteiger partial charge in [-0.25, -0.2) is 4.98 Å². The van der Waals surface area contributed by atoms with E-state index in [0.29, 0.717) is 0 Å². The number of nitrogen functional groups attached to an aromatic ring is 1. The van der Waals surface area contributed by atoms with E-state index in [1.807, 2.05) is 24.7 Å². The minimum atomic E-state index is 0.790. The molecule has 0 spiro atoms. The van der Waals surface area contributed by atoms with Gasteiger partial charge in [-0.15, -0.1) is 0 Å². The molecule has 1 heterocycles. The van der Waals surface area contributed by atoms with Gasteiger partial charge < -0.3 is 10.3 Å². The van der Waals surface area contributed by atoms with Crippen molar-refractivity contribution in [3.05, 3.63) is 72.2 Å². The molecule has 0 radical (unpaired) electrons. The van der Waals surface area contributed by atoms with Gasteiger partial charge in [-0.05, 0) is 30.7 Å². The average Bonchev–Trinajstić information content (AvgIpc) is 2.89. The zero-order valence-corrected chi connectivity index (χ0v) is 11.5. The van der Waals surface area contributed by atoms with Crippen molar-refractivity contribution >= 4 is 5.69 Å². The summed E-state index contributed by atoms with van der Waals surface area (Å²) >= 11 is 0. The van der Waals surface area contributed by atoms with Crippen LogP contribution in [-0.4, -0.2) is 9.55 Å². The highest BCUT2D eigenvalue weighted by molar-refractivity contribution is 5.60. The normalized spacial score (nSPS) is 10.7. The number of hydrogen-bond donors (Lipinski definition) is 1. The van der Waals surface area contributed by atoms with E-state index in [9.17, 15) is 0 Å². The van der Waals surface area contributed by atoms with Gasteiger partial charge in [-0.3, -0.25) is 0 Å². The van der Waals surface area contributed by atoms with Crippen LogP contribution in [0.5, 0.6) is 0 Å². The van der Waals surface area contributed by atoms with Gasteiger partial charge in [-0.2, -0.15) is 0 Å². The number of aromatic nitrogens is 2. The van der Waals surface area contributed by atoms with Gasteiger partial charge in [0.05, 0.1) is 18.2 Å². The number of imidazole rings is 1. The molecule has 1 aromatic heterocycles. The van der Waals surface area contributed by atoms with Crippen molar-refractivity contribution in [1.82, 2.24) is 9.55 Å². The maximum Gasteiger partial charge on any atom is 0.0954 e. The molecule has 2 N–H and O–H groups in total. The first-order valence-electron chi connectivity index (χ1n) is 6.64. The Kier molecular flexibility index (Phi) is 3.25. The standard InChI is InChI=1S/C17H17N3/c1-13-3-2-4-15(9-13)17-10-19-12-20(17)11-14-5-7-16(18)8-6-14/h2-10,12H,11,18H2,1H3. The van der Waals surface area contributed by atoms with Crippen LogP contribution in [0.3, 0.4) is 0 Å². The lowest BCUT2D eigenvalue weighted by atomic mass is 10.1. The van der Waals surface area contributed by atoms with E-state index in [0.717, 1.165) is 17.9 Å². The number of nitrogens with zero attached hydrogens (tertiary/aromatic N) is 2. The van der Waals surface area contributed by atoms with Gasteiger partial charge in [0.1, 0.15) is 0 Å². The Bertz CT molecular complexity index is 711. The monoisotopic (exact) mass is 263 g/mol. The molecule has 0 aliphatic carbocycles. The molecule has 20 heavy (non-hydrogen) atoms. The molecule has 3 rings (SSSR count). The van der Waals surface area contributed by atoms with Gasteiger partial charge in [-0.1, -0.05) is 35.9 Å². The molecular formula is C17H17N3. The second-order valence-corrected chi connectivity index (χ2v) is 5.02. The third-order valence-electron chi connectivity index (χ3n) is 3.36. The molecule has 0 saturated heterocycles. The molecule has 0 aliphatic rings. The summed E-state index contributed by atoms with van der Waals surface area (Å²) in [6.07, 6.45) is 3.78. The van der Waals surface area contributed by atoms with Crippen LogP contribution in [0, 0.1) is 6.92 Å². The summed E-state index contributed by atoms with van der Waals surface area (Å²) in [5, 5.41) is 0. The van der Waals surface area contributed by atoms with Crippen LogP contribution in [0.4, 0.5) is 5.69 Å². The van der Waals surface area contributed by atoms with Gasteiger partial charge in [0.2, 0.25) is 0 Å². The number of rotatable bonds is 3. The largest absolute Gasteiger partial charge is 0.399 e. The molecule has 0 atom stereocenters. The van der Waals surface area contributed by atoms with Crippen LogP contribution in [0.2, 0.25) is 0 Å². The molecule has 0 aliphatic heterocycles. The summed E-state index contributed by atoms with van der Waals surface area (Å²) in [5.74, 6) is 0. The van der Waals surface area contributed by atoms with Gasteiger partial charge in [0, 0.05) is 17.8 Å². The van der Waals surface area contributed by atoms with Crippen molar-refractivity contribution in [2.75, 3.05) is 5.73 Å². The lowest BCUT2D eigenvalue weighted by Gasteiger charge is -2.09. The van der Waals surface area contributed by atoms with Crippen molar-refractivity contribution in [1.29, 1.82) is 0 Å². The summed E-state index contributed by atoms with van der Waals surface area (Å²) in [5.41, 5.74) is 11.3. The van der Waals surface area contributed by atoms with E-state index in [1.54, 1.807) is 0 Å². The summed E-state index contributed by atoms with van der Waals surface area (Å²) in [6, 6.07) is 16.4. The fourth-order valence-electron chi connectivity index (χ4n) is 2.31. The summed E-state index contributed by atoms with van der Waals surface area (Å²) in [7, 11) is 0. The Balaban J connectivity index is 1.92. The number of anilines is 1. The first kappa shape index (κ1) is 12.5. The summed E-state index contributed by atoms with van der Waals surface area (Å²) in [4.78, 5) is 4.28. The van der Waals surface area contributed by atoms with E-state index in [4.69, 9.17) is 5.73 Å². The van der Waals surface area contributed by atoms with Gasteiger partial charge in [0.25, 0.3) is 0 Å². The van der Waals surface area contributed by atoms with E-state index < -0.39 is 0 Å². The van der Waals surface area contributed by atoms with Crippen LogP contribution < -0.4 is 5.73 Å². The van der Waals surface area contributed by atoms with E-state index in [2.05, 4.69) is 52.9 Å². The first-order chi connectivity index (χ1) is 9.72. The van der Waals surface area contributed by atoms with Crippen molar-refractivity contribution in [3.63, 3.8) is 0 Å². The average molecular weight is 263 g/mol. The third-order valence-corrected chi connectivity index (χ3v) is 3.36.